The summed E-state index contributed by atoms with van der Waals surface area (Å²) in [5.74, 6) is 0.241. The average Bonchev–Trinajstić information content (AvgIpc) is 2.95. The number of rotatable bonds is 3. The molecular formula is C19H26N2O2. The molecule has 2 aliphatic heterocycles. The summed E-state index contributed by atoms with van der Waals surface area (Å²) in [6.07, 6.45) is 5.71. The molecule has 2 fully saturated rings. The second-order valence-electron chi connectivity index (χ2n) is 6.78. The van der Waals surface area contributed by atoms with Crippen LogP contribution in [0.5, 0.6) is 0 Å². The van der Waals surface area contributed by atoms with Gasteiger partial charge in [-0.3, -0.25) is 9.59 Å². The maximum Gasteiger partial charge on any atom is 0.242 e. The van der Waals surface area contributed by atoms with Gasteiger partial charge in [-0.25, -0.2) is 0 Å². The van der Waals surface area contributed by atoms with Crippen LogP contribution in [-0.2, 0) is 9.59 Å². The smallest absolute Gasteiger partial charge is 0.242 e. The summed E-state index contributed by atoms with van der Waals surface area (Å²) in [5.41, 5.74) is 2.45. The van der Waals surface area contributed by atoms with E-state index in [1.165, 1.54) is 11.1 Å². The standard InChI is InChI=1S/C19H26N2O2/c1-15-8-10-16(11-9-15)17-6-5-13-21(17)19(23)14-20-12-4-2-3-7-18(20)22/h8-11,17H,2-7,12-14H2,1H3. The summed E-state index contributed by atoms with van der Waals surface area (Å²) in [4.78, 5) is 28.6. The van der Waals surface area contributed by atoms with Gasteiger partial charge in [-0.1, -0.05) is 36.2 Å². The lowest BCUT2D eigenvalue weighted by molar-refractivity contribution is -0.140. The SMILES string of the molecule is Cc1ccc(C2CCCN2C(=O)CN2CCCCCC2=O)cc1. The average molecular weight is 314 g/mol. The molecule has 4 nitrogen and oxygen atoms in total. The number of nitrogens with zero attached hydrogens (tertiary/aromatic N) is 2. The second kappa shape index (κ2) is 7.16. The molecule has 0 saturated carbocycles. The van der Waals surface area contributed by atoms with E-state index in [1.54, 1.807) is 4.90 Å². The van der Waals surface area contributed by atoms with E-state index in [2.05, 4.69) is 31.2 Å². The van der Waals surface area contributed by atoms with Crippen LogP contribution < -0.4 is 0 Å². The first-order valence-electron chi connectivity index (χ1n) is 8.79. The Bertz CT molecular complexity index is 567. The molecule has 3 rings (SSSR count). The van der Waals surface area contributed by atoms with Gasteiger partial charge in [0.2, 0.25) is 11.8 Å². The van der Waals surface area contributed by atoms with Crippen LogP contribution in [0.2, 0.25) is 0 Å². The summed E-state index contributed by atoms with van der Waals surface area (Å²) in [6.45, 7) is 3.86. The minimum absolute atomic E-state index is 0.100. The molecule has 0 aliphatic carbocycles. The predicted molar refractivity (Wildman–Crippen MR) is 89.9 cm³/mol. The van der Waals surface area contributed by atoms with Crippen molar-refractivity contribution in [1.82, 2.24) is 9.80 Å². The lowest BCUT2D eigenvalue weighted by Gasteiger charge is -2.28. The molecule has 1 aromatic carbocycles. The topological polar surface area (TPSA) is 40.6 Å². The van der Waals surface area contributed by atoms with Crippen molar-refractivity contribution < 1.29 is 9.59 Å². The first-order chi connectivity index (χ1) is 11.1. The third-order valence-electron chi connectivity index (χ3n) is 5.03. The van der Waals surface area contributed by atoms with E-state index in [-0.39, 0.29) is 24.4 Å². The van der Waals surface area contributed by atoms with Gasteiger partial charge in [0.25, 0.3) is 0 Å². The molecule has 2 amide bonds. The number of likely N-dealkylation sites (tertiary alicyclic amines) is 2. The number of carbonyl (C=O) groups is 2. The third-order valence-corrected chi connectivity index (χ3v) is 5.03. The minimum Gasteiger partial charge on any atom is -0.334 e. The van der Waals surface area contributed by atoms with Crippen molar-refractivity contribution in [3.63, 3.8) is 0 Å². The summed E-state index contributed by atoms with van der Waals surface area (Å²) >= 11 is 0. The highest BCUT2D eigenvalue weighted by atomic mass is 16.2. The Morgan fingerprint density at radius 1 is 1.09 bits per heavy atom. The molecule has 0 radical (unpaired) electrons. The minimum atomic E-state index is 0.100. The lowest BCUT2D eigenvalue weighted by atomic mass is 10.0. The molecular weight excluding hydrogens is 288 g/mol. The monoisotopic (exact) mass is 314 g/mol. The molecule has 2 heterocycles. The normalized spacial score (nSPS) is 22.3. The van der Waals surface area contributed by atoms with E-state index in [0.717, 1.165) is 45.2 Å². The fourth-order valence-electron chi connectivity index (χ4n) is 3.66. The van der Waals surface area contributed by atoms with Gasteiger partial charge in [-0.2, -0.15) is 0 Å². The van der Waals surface area contributed by atoms with Gasteiger partial charge >= 0.3 is 0 Å². The van der Waals surface area contributed by atoms with Crippen LogP contribution in [-0.4, -0.2) is 41.2 Å². The largest absolute Gasteiger partial charge is 0.334 e. The molecule has 2 aliphatic rings. The fraction of sp³-hybridized carbons (Fsp3) is 0.579. The Balaban J connectivity index is 1.68. The molecule has 0 N–H and O–H groups in total. The second-order valence-corrected chi connectivity index (χ2v) is 6.78. The summed E-state index contributed by atoms with van der Waals surface area (Å²) < 4.78 is 0. The molecule has 0 aromatic heterocycles. The maximum absolute atomic E-state index is 12.8. The number of hydrogen-bond donors (Lipinski definition) is 0. The fourth-order valence-corrected chi connectivity index (χ4v) is 3.66. The van der Waals surface area contributed by atoms with Crippen molar-refractivity contribution in [2.24, 2.45) is 0 Å². The Kier molecular flexibility index (Phi) is 4.99. The predicted octanol–water partition coefficient (Wildman–Crippen LogP) is 3.06. The Hall–Kier alpha value is -1.84. The van der Waals surface area contributed by atoms with Gasteiger partial charge in [-0.15, -0.1) is 0 Å². The van der Waals surface area contributed by atoms with Crippen LogP contribution in [0.25, 0.3) is 0 Å². The van der Waals surface area contributed by atoms with E-state index in [4.69, 9.17) is 0 Å². The molecule has 0 spiro atoms. The number of carbonyl (C=O) groups excluding carboxylic acids is 2. The van der Waals surface area contributed by atoms with Crippen LogP contribution in [0, 0.1) is 6.92 Å². The maximum atomic E-state index is 12.8. The zero-order valence-corrected chi connectivity index (χ0v) is 14.0. The van der Waals surface area contributed by atoms with E-state index >= 15 is 0 Å². The third kappa shape index (κ3) is 3.74. The molecule has 1 atom stereocenters. The molecule has 0 bridgehead atoms. The first kappa shape index (κ1) is 16.0. The quantitative estimate of drug-likeness (QED) is 0.860. The summed E-state index contributed by atoms with van der Waals surface area (Å²) in [6, 6.07) is 8.64. The van der Waals surface area contributed by atoms with Gasteiger partial charge in [0.05, 0.1) is 12.6 Å². The number of amides is 2. The van der Waals surface area contributed by atoms with Gasteiger partial charge in [0, 0.05) is 19.5 Å². The van der Waals surface area contributed by atoms with Gasteiger partial charge in [0.1, 0.15) is 0 Å². The zero-order valence-electron chi connectivity index (χ0n) is 14.0. The molecule has 23 heavy (non-hydrogen) atoms. The highest BCUT2D eigenvalue weighted by Gasteiger charge is 2.31. The Morgan fingerprint density at radius 3 is 2.65 bits per heavy atom. The Morgan fingerprint density at radius 2 is 1.87 bits per heavy atom. The van der Waals surface area contributed by atoms with Crippen molar-refractivity contribution in [3.05, 3.63) is 35.4 Å². The van der Waals surface area contributed by atoms with Crippen LogP contribution in [0.4, 0.5) is 0 Å². The Labute approximate surface area is 138 Å². The van der Waals surface area contributed by atoms with E-state index < -0.39 is 0 Å². The lowest BCUT2D eigenvalue weighted by Crippen LogP contribution is -2.42. The number of aryl methyl sites for hydroxylation is 1. The highest BCUT2D eigenvalue weighted by Crippen LogP contribution is 2.32. The number of hydrogen-bond acceptors (Lipinski definition) is 2. The summed E-state index contributed by atoms with van der Waals surface area (Å²) in [5, 5.41) is 0. The molecule has 124 valence electrons. The van der Waals surface area contributed by atoms with Crippen molar-refractivity contribution in [3.8, 4) is 0 Å². The molecule has 1 unspecified atom stereocenters. The van der Waals surface area contributed by atoms with Crippen LogP contribution in [0.15, 0.2) is 24.3 Å². The first-order valence-corrected chi connectivity index (χ1v) is 8.79. The molecule has 2 saturated heterocycles. The molecule has 4 heteroatoms. The van der Waals surface area contributed by atoms with E-state index in [9.17, 15) is 9.59 Å². The van der Waals surface area contributed by atoms with Gasteiger partial charge < -0.3 is 9.80 Å². The van der Waals surface area contributed by atoms with E-state index in [1.807, 2.05) is 4.90 Å². The van der Waals surface area contributed by atoms with Crippen molar-refractivity contribution in [2.45, 2.75) is 51.5 Å². The summed E-state index contributed by atoms with van der Waals surface area (Å²) in [7, 11) is 0. The number of benzene rings is 1. The zero-order chi connectivity index (χ0) is 16.2. The van der Waals surface area contributed by atoms with Gasteiger partial charge in [-0.05, 0) is 38.2 Å². The van der Waals surface area contributed by atoms with Crippen molar-refractivity contribution >= 4 is 11.8 Å². The van der Waals surface area contributed by atoms with E-state index in [0.29, 0.717) is 6.42 Å². The van der Waals surface area contributed by atoms with Crippen molar-refractivity contribution in [2.75, 3.05) is 19.6 Å². The highest BCUT2D eigenvalue weighted by molar-refractivity contribution is 5.85. The molecule has 1 aromatic rings. The van der Waals surface area contributed by atoms with Crippen LogP contribution in [0.3, 0.4) is 0 Å². The van der Waals surface area contributed by atoms with Crippen LogP contribution >= 0.6 is 0 Å². The van der Waals surface area contributed by atoms with Crippen LogP contribution in [0.1, 0.15) is 55.7 Å². The van der Waals surface area contributed by atoms with Crippen molar-refractivity contribution in [1.29, 1.82) is 0 Å². The van der Waals surface area contributed by atoms with Gasteiger partial charge in [0.15, 0.2) is 0 Å².